The molecule has 4 aromatic carbocycles. The lowest BCUT2D eigenvalue weighted by atomic mass is 9.93. The second-order valence-corrected chi connectivity index (χ2v) is 6.46. The minimum Gasteiger partial charge on any atom is -0.385 e. The van der Waals surface area contributed by atoms with Crippen LogP contribution < -0.4 is 0 Å². The third kappa shape index (κ3) is 1.55. The van der Waals surface area contributed by atoms with Crippen LogP contribution in [0.4, 0.5) is 0 Å². The quantitative estimate of drug-likeness (QED) is 0.370. The molecule has 0 radical (unpaired) electrons. The molecule has 0 fully saturated rings. The Morgan fingerprint density at radius 2 is 1.43 bits per heavy atom. The molecule has 2 N–H and O–H groups in total. The van der Waals surface area contributed by atoms with Gasteiger partial charge >= 0.3 is 0 Å². The second-order valence-electron chi connectivity index (χ2n) is 6.46. The standard InChI is InChI=1S/C21H16O2/c1-11-6-7-13-10-16-14-5-3-2-4-12(14)8-9-15(16)19-18(13)17(11)20(22)21(19)23/h2-10,20-23H,1H3/t20-,21+/m0/s1. The lowest BCUT2D eigenvalue weighted by Gasteiger charge is -2.13. The molecule has 0 spiro atoms. The van der Waals surface area contributed by atoms with E-state index in [1.807, 2.05) is 25.1 Å². The van der Waals surface area contributed by atoms with Crippen LogP contribution in [0, 0.1) is 6.92 Å². The first-order chi connectivity index (χ1) is 11.2. The Labute approximate surface area is 133 Å². The molecule has 0 aliphatic heterocycles. The monoisotopic (exact) mass is 300 g/mol. The molecule has 0 saturated carbocycles. The van der Waals surface area contributed by atoms with Gasteiger partial charge in [-0.25, -0.2) is 0 Å². The highest BCUT2D eigenvalue weighted by Crippen LogP contribution is 2.49. The van der Waals surface area contributed by atoms with Crippen LogP contribution in [0.15, 0.2) is 54.6 Å². The summed E-state index contributed by atoms with van der Waals surface area (Å²) in [7, 11) is 0. The molecule has 1 aliphatic rings. The van der Waals surface area contributed by atoms with Crippen molar-refractivity contribution in [3.05, 3.63) is 71.3 Å². The van der Waals surface area contributed by atoms with Gasteiger partial charge in [0.1, 0.15) is 12.2 Å². The summed E-state index contributed by atoms with van der Waals surface area (Å²) >= 11 is 0. The molecule has 0 aromatic heterocycles. The Bertz CT molecular complexity index is 1110. The van der Waals surface area contributed by atoms with Gasteiger partial charge in [-0.2, -0.15) is 0 Å². The van der Waals surface area contributed by atoms with E-state index in [0.717, 1.165) is 38.2 Å². The van der Waals surface area contributed by atoms with E-state index < -0.39 is 12.2 Å². The summed E-state index contributed by atoms with van der Waals surface area (Å²) in [5, 5.41) is 27.9. The van der Waals surface area contributed by atoms with E-state index in [1.165, 1.54) is 10.8 Å². The van der Waals surface area contributed by atoms with E-state index in [0.29, 0.717) is 0 Å². The largest absolute Gasteiger partial charge is 0.385 e. The third-order valence-corrected chi connectivity index (χ3v) is 5.22. The molecular weight excluding hydrogens is 284 g/mol. The van der Waals surface area contributed by atoms with Crippen molar-refractivity contribution in [1.82, 2.24) is 0 Å². The Morgan fingerprint density at radius 3 is 2.30 bits per heavy atom. The first kappa shape index (κ1) is 13.1. The maximum Gasteiger partial charge on any atom is 0.110 e. The first-order valence-corrected chi connectivity index (χ1v) is 7.90. The third-order valence-electron chi connectivity index (χ3n) is 5.22. The maximum absolute atomic E-state index is 10.7. The molecule has 0 unspecified atom stereocenters. The molecule has 5 rings (SSSR count). The zero-order chi connectivity index (χ0) is 15.7. The Kier molecular flexibility index (Phi) is 2.45. The fourth-order valence-electron chi connectivity index (χ4n) is 4.14. The van der Waals surface area contributed by atoms with Gasteiger partial charge in [-0.3, -0.25) is 0 Å². The van der Waals surface area contributed by atoms with Gasteiger partial charge in [0.25, 0.3) is 0 Å². The van der Waals surface area contributed by atoms with Gasteiger partial charge in [0.2, 0.25) is 0 Å². The summed E-state index contributed by atoms with van der Waals surface area (Å²) < 4.78 is 0. The SMILES string of the molecule is Cc1ccc2cc3c(ccc4ccccc43)c3c2c1[C@H](O)[C@@H]3O. The number of aliphatic hydroxyl groups is 2. The van der Waals surface area contributed by atoms with E-state index in [2.05, 4.69) is 36.4 Å². The van der Waals surface area contributed by atoms with E-state index in [1.54, 1.807) is 0 Å². The summed E-state index contributed by atoms with van der Waals surface area (Å²) in [4.78, 5) is 0. The van der Waals surface area contributed by atoms with Crippen molar-refractivity contribution in [1.29, 1.82) is 0 Å². The van der Waals surface area contributed by atoms with Gasteiger partial charge in [-0.1, -0.05) is 48.5 Å². The lowest BCUT2D eigenvalue weighted by Crippen LogP contribution is -2.04. The second kappa shape index (κ2) is 4.31. The van der Waals surface area contributed by atoms with Crippen molar-refractivity contribution in [2.75, 3.05) is 0 Å². The van der Waals surface area contributed by atoms with Crippen molar-refractivity contribution in [3.63, 3.8) is 0 Å². The normalized spacial score (nSPS) is 20.0. The van der Waals surface area contributed by atoms with Gasteiger partial charge in [-0.15, -0.1) is 0 Å². The predicted octanol–water partition coefficient (Wildman–Crippen LogP) is 4.54. The molecule has 2 nitrogen and oxygen atoms in total. The molecule has 0 saturated heterocycles. The number of hydrogen-bond acceptors (Lipinski definition) is 2. The summed E-state index contributed by atoms with van der Waals surface area (Å²) in [5.41, 5.74) is 2.78. The minimum atomic E-state index is -0.863. The van der Waals surface area contributed by atoms with Crippen molar-refractivity contribution >= 4 is 32.3 Å². The summed E-state index contributed by atoms with van der Waals surface area (Å²) in [6, 6.07) is 18.7. The van der Waals surface area contributed by atoms with Crippen LogP contribution in [0.5, 0.6) is 0 Å². The molecule has 23 heavy (non-hydrogen) atoms. The van der Waals surface area contributed by atoms with E-state index in [9.17, 15) is 10.2 Å². The Balaban J connectivity index is 2.08. The topological polar surface area (TPSA) is 40.5 Å². The fourth-order valence-corrected chi connectivity index (χ4v) is 4.14. The van der Waals surface area contributed by atoms with Gasteiger partial charge in [0, 0.05) is 0 Å². The average Bonchev–Trinajstić information content (AvgIpc) is 2.85. The number of rotatable bonds is 0. The molecule has 112 valence electrons. The zero-order valence-corrected chi connectivity index (χ0v) is 12.7. The number of fused-ring (bicyclic) bond motifs is 4. The Morgan fingerprint density at radius 1 is 0.696 bits per heavy atom. The summed E-state index contributed by atoms with van der Waals surface area (Å²) in [6.45, 7) is 1.99. The van der Waals surface area contributed by atoms with Crippen molar-refractivity contribution < 1.29 is 10.2 Å². The van der Waals surface area contributed by atoms with Gasteiger partial charge in [0.05, 0.1) is 0 Å². The van der Waals surface area contributed by atoms with Gasteiger partial charge in [-0.05, 0) is 62.0 Å². The molecule has 2 atom stereocenters. The smallest absolute Gasteiger partial charge is 0.110 e. The van der Waals surface area contributed by atoms with Crippen LogP contribution in [0.25, 0.3) is 32.3 Å². The number of benzene rings is 4. The average molecular weight is 300 g/mol. The van der Waals surface area contributed by atoms with Crippen LogP contribution in [0.1, 0.15) is 28.9 Å². The number of hydrogen-bond donors (Lipinski definition) is 2. The molecular formula is C21H16O2. The van der Waals surface area contributed by atoms with E-state index in [4.69, 9.17) is 0 Å². The molecule has 2 heteroatoms. The van der Waals surface area contributed by atoms with Gasteiger partial charge < -0.3 is 10.2 Å². The highest BCUT2D eigenvalue weighted by molar-refractivity contribution is 6.15. The van der Waals surface area contributed by atoms with Crippen LogP contribution >= 0.6 is 0 Å². The number of aliphatic hydroxyl groups excluding tert-OH is 2. The van der Waals surface area contributed by atoms with Crippen LogP contribution in [0.2, 0.25) is 0 Å². The van der Waals surface area contributed by atoms with Crippen LogP contribution in [0.3, 0.4) is 0 Å². The first-order valence-electron chi connectivity index (χ1n) is 7.90. The predicted molar refractivity (Wildman–Crippen MR) is 93.6 cm³/mol. The van der Waals surface area contributed by atoms with E-state index >= 15 is 0 Å². The zero-order valence-electron chi connectivity index (χ0n) is 12.7. The molecule has 0 amide bonds. The molecule has 1 aliphatic carbocycles. The highest BCUT2D eigenvalue weighted by atomic mass is 16.3. The highest BCUT2D eigenvalue weighted by Gasteiger charge is 2.34. The Hall–Kier alpha value is -2.42. The van der Waals surface area contributed by atoms with Crippen LogP contribution in [-0.4, -0.2) is 10.2 Å². The number of aryl methyl sites for hydroxylation is 1. The van der Waals surface area contributed by atoms with Gasteiger partial charge in [0.15, 0.2) is 0 Å². The maximum atomic E-state index is 10.7. The minimum absolute atomic E-state index is 0.842. The molecule has 4 aromatic rings. The summed E-state index contributed by atoms with van der Waals surface area (Å²) in [5.74, 6) is 0. The van der Waals surface area contributed by atoms with E-state index in [-0.39, 0.29) is 0 Å². The lowest BCUT2D eigenvalue weighted by molar-refractivity contribution is 0.0257. The van der Waals surface area contributed by atoms with Crippen LogP contribution in [-0.2, 0) is 0 Å². The van der Waals surface area contributed by atoms with Crippen molar-refractivity contribution in [2.45, 2.75) is 19.1 Å². The summed E-state index contributed by atoms with van der Waals surface area (Å²) in [6.07, 6.45) is -1.70. The molecule has 0 bridgehead atoms. The molecule has 0 heterocycles. The van der Waals surface area contributed by atoms with Crippen molar-refractivity contribution in [3.8, 4) is 0 Å². The van der Waals surface area contributed by atoms with Crippen molar-refractivity contribution in [2.24, 2.45) is 0 Å². The fraction of sp³-hybridized carbons (Fsp3) is 0.143.